The highest BCUT2D eigenvalue weighted by molar-refractivity contribution is 5.79. The summed E-state index contributed by atoms with van der Waals surface area (Å²) in [5.41, 5.74) is -1.06. The van der Waals surface area contributed by atoms with Gasteiger partial charge >= 0.3 is 11.8 Å². The Morgan fingerprint density at radius 3 is 2.60 bits per heavy atom. The minimum absolute atomic E-state index is 0.153. The summed E-state index contributed by atoms with van der Waals surface area (Å²) in [6.45, 7) is 1.12. The Labute approximate surface area is 169 Å². The van der Waals surface area contributed by atoms with Crippen molar-refractivity contribution in [1.82, 2.24) is 5.32 Å². The first-order chi connectivity index (χ1) is 14.2. The zero-order valence-electron chi connectivity index (χ0n) is 15.9. The van der Waals surface area contributed by atoms with Crippen LogP contribution < -0.4 is 20.4 Å². The van der Waals surface area contributed by atoms with Crippen LogP contribution in [-0.4, -0.2) is 25.2 Å². The van der Waals surface area contributed by atoms with E-state index in [0.29, 0.717) is 16.7 Å². The third-order valence-electron chi connectivity index (χ3n) is 4.05. The topological polar surface area (TPSA) is 77.8 Å². The van der Waals surface area contributed by atoms with Crippen LogP contribution in [0, 0.1) is 0 Å². The lowest BCUT2D eigenvalue weighted by Crippen LogP contribution is -2.39. The van der Waals surface area contributed by atoms with Gasteiger partial charge in [-0.1, -0.05) is 12.1 Å². The van der Waals surface area contributed by atoms with Gasteiger partial charge in [0.05, 0.1) is 11.6 Å². The van der Waals surface area contributed by atoms with Crippen LogP contribution in [0.5, 0.6) is 11.5 Å². The van der Waals surface area contributed by atoms with E-state index in [1.807, 2.05) is 0 Å². The zero-order valence-corrected chi connectivity index (χ0v) is 15.9. The Morgan fingerprint density at radius 1 is 1.10 bits per heavy atom. The highest BCUT2D eigenvalue weighted by Gasteiger charge is 2.34. The maximum Gasteiger partial charge on any atom is 0.419 e. The molecule has 6 nitrogen and oxygen atoms in total. The summed E-state index contributed by atoms with van der Waals surface area (Å²) in [4.78, 5) is 23.3. The maximum absolute atomic E-state index is 13.0. The van der Waals surface area contributed by atoms with Crippen molar-refractivity contribution >= 4 is 16.9 Å². The van der Waals surface area contributed by atoms with E-state index >= 15 is 0 Å². The lowest BCUT2D eigenvalue weighted by molar-refractivity contribution is -0.139. The number of carbonyl (C=O) groups excluding carboxylic acids is 1. The molecule has 3 aromatic rings. The summed E-state index contributed by atoms with van der Waals surface area (Å²) in [5, 5.41) is 3.29. The van der Waals surface area contributed by atoms with Gasteiger partial charge in [0.2, 0.25) is 0 Å². The minimum atomic E-state index is -4.53. The molecule has 0 radical (unpaired) electrons. The van der Waals surface area contributed by atoms with Gasteiger partial charge in [-0.05, 0) is 37.3 Å². The van der Waals surface area contributed by atoms with Crippen LogP contribution >= 0.6 is 0 Å². The lowest BCUT2D eigenvalue weighted by Gasteiger charge is -2.18. The van der Waals surface area contributed by atoms with Gasteiger partial charge in [-0.3, -0.25) is 4.79 Å². The van der Waals surface area contributed by atoms with Gasteiger partial charge in [0.25, 0.3) is 5.91 Å². The molecular weight excluding hydrogens is 403 g/mol. The van der Waals surface area contributed by atoms with Crippen molar-refractivity contribution in [2.75, 3.05) is 13.2 Å². The molecule has 1 heterocycles. The fraction of sp³-hybridized carbons (Fsp3) is 0.238. The highest BCUT2D eigenvalue weighted by Crippen LogP contribution is 2.35. The van der Waals surface area contributed by atoms with Crippen molar-refractivity contribution in [1.29, 1.82) is 0 Å². The van der Waals surface area contributed by atoms with Crippen LogP contribution in [0.2, 0.25) is 0 Å². The smallest absolute Gasteiger partial charge is 0.419 e. The largest absolute Gasteiger partial charge is 0.491 e. The minimum Gasteiger partial charge on any atom is -0.491 e. The quantitative estimate of drug-likeness (QED) is 0.588. The first kappa shape index (κ1) is 21.2. The lowest BCUT2D eigenvalue weighted by atomic mass is 10.2. The molecule has 0 saturated heterocycles. The summed E-state index contributed by atoms with van der Waals surface area (Å²) in [7, 11) is 0. The molecule has 0 fully saturated rings. The van der Waals surface area contributed by atoms with Crippen LogP contribution in [0.3, 0.4) is 0 Å². The van der Waals surface area contributed by atoms with Gasteiger partial charge in [-0.2, -0.15) is 13.2 Å². The molecular formula is C21H18F3NO5. The number of alkyl halides is 3. The van der Waals surface area contributed by atoms with E-state index in [1.54, 1.807) is 25.1 Å². The van der Waals surface area contributed by atoms with Crippen molar-refractivity contribution in [3.05, 3.63) is 70.6 Å². The van der Waals surface area contributed by atoms with Gasteiger partial charge in [-0.25, -0.2) is 4.79 Å². The second-order valence-corrected chi connectivity index (χ2v) is 6.52. The number of benzene rings is 2. The fourth-order valence-corrected chi connectivity index (χ4v) is 2.68. The average Bonchev–Trinajstić information content (AvgIpc) is 2.70. The van der Waals surface area contributed by atoms with E-state index in [2.05, 4.69) is 5.32 Å². The summed E-state index contributed by atoms with van der Waals surface area (Å²) < 4.78 is 54.6. The number of rotatable bonds is 7. The van der Waals surface area contributed by atoms with E-state index in [-0.39, 0.29) is 19.0 Å². The molecule has 0 aliphatic rings. The molecule has 1 unspecified atom stereocenters. The zero-order chi connectivity index (χ0) is 21.7. The van der Waals surface area contributed by atoms with E-state index in [1.165, 1.54) is 30.3 Å². The molecule has 158 valence electrons. The molecule has 0 spiro atoms. The number of hydrogen-bond acceptors (Lipinski definition) is 5. The van der Waals surface area contributed by atoms with Gasteiger partial charge in [0.1, 0.15) is 23.7 Å². The molecule has 0 saturated carbocycles. The van der Waals surface area contributed by atoms with Crippen LogP contribution in [0.1, 0.15) is 12.5 Å². The van der Waals surface area contributed by atoms with Crippen molar-refractivity contribution in [3.8, 4) is 11.5 Å². The molecule has 1 atom stereocenters. The average molecular weight is 421 g/mol. The summed E-state index contributed by atoms with van der Waals surface area (Å²) in [6.07, 6.45) is -4.53. The summed E-state index contributed by atoms with van der Waals surface area (Å²) >= 11 is 0. The molecule has 1 N–H and O–H groups in total. The van der Waals surface area contributed by atoms with E-state index in [0.717, 1.165) is 6.07 Å². The number of fused-ring (bicyclic) bond motifs is 1. The van der Waals surface area contributed by atoms with E-state index in [4.69, 9.17) is 13.9 Å². The number of nitrogens with one attached hydrogen (secondary N) is 1. The summed E-state index contributed by atoms with van der Waals surface area (Å²) in [5.74, 6) is -0.458. The Kier molecular flexibility index (Phi) is 6.29. The van der Waals surface area contributed by atoms with Crippen LogP contribution in [0.15, 0.2) is 63.8 Å². The Bertz CT molecular complexity index is 1090. The molecule has 1 aromatic heterocycles. The molecule has 0 bridgehead atoms. The Balaban J connectivity index is 1.51. The highest BCUT2D eigenvalue weighted by atomic mass is 19.4. The monoisotopic (exact) mass is 421 g/mol. The predicted octanol–water partition coefficient (Wildman–Crippen LogP) is 3.77. The van der Waals surface area contributed by atoms with Gasteiger partial charge < -0.3 is 19.2 Å². The normalized spacial score (nSPS) is 12.4. The van der Waals surface area contributed by atoms with Crippen molar-refractivity contribution < 1.29 is 31.9 Å². The predicted molar refractivity (Wildman–Crippen MR) is 103 cm³/mol. The molecule has 2 aromatic carbocycles. The van der Waals surface area contributed by atoms with Gasteiger partial charge in [0.15, 0.2) is 6.61 Å². The number of ether oxygens (including phenoxy) is 2. The number of para-hydroxylation sites is 1. The fourth-order valence-electron chi connectivity index (χ4n) is 2.68. The third kappa shape index (κ3) is 5.53. The molecule has 9 heteroatoms. The maximum atomic E-state index is 13.0. The second-order valence-electron chi connectivity index (χ2n) is 6.52. The van der Waals surface area contributed by atoms with E-state index in [9.17, 15) is 22.8 Å². The SMILES string of the molecule is CC(COc1ccccc1C(F)(F)F)NC(=O)COc1ccc2ccc(=O)oc2c1. The number of halogens is 3. The van der Waals surface area contributed by atoms with Crippen molar-refractivity contribution in [2.45, 2.75) is 19.1 Å². The van der Waals surface area contributed by atoms with Crippen LogP contribution in [0.4, 0.5) is 13.2 Å². The first-order valence-electron chi connectivity index (χ1n) is 8.97. The standard InChI is InChI=1S/C21H18F3NO5/c1-13(11-29-17-5-3-2-4-16(17)21(22,23)24)25-19(26)12-28-15-8-6-14-7-9-20(27)30-18(14)10-15/h2-10,13H,11-12H2,1H3,(H,25,26). The molecule has 0 aliphatic carbocycles. The van der Waals surface area contributed by atoms with Crippen LogP contribution in [0.25, 0.3) is 11.0 Å². The molecule has 0 aliphatic heterocycles. The Morgan fingerprint density at radius 2 is 1.83 bits per heavy atom. The first-order valence-corrected chi connectivity index (χ1v) is 8.97. The van der Waals surface area contributed by atoms with Crippen molar-refractivity contribution in [2.24, 2.45) is 0 Å². The Hall–Kier alpha value is -3.49. The molecule has 1 amide bonds. The number of amides is 1. The molecule has 3 rings (SSSR count). The number of carbonyl (C=O) groups is 1. The summed E-state index contributed by atoms with van der Waals surface area (Å²) in [6, 6.07) is 12.0. The third-order valence-corrected chi connectivity index (χ3v) is 4.05. The van der Waals surface area contributed by atoms with E-state index < -0.39 is 29.3 Å². The van der Waals surface area contributed by atoms with Gasteiger partial charge in [0, 0.05) is 17.5 Å². The van der Waals surface area contributed by atoms with Crippen LogP contribution in [-0.2, 0) is 11.0 Å². The molecule has 30 heavy (non-hydrogen) atoms. The van der Waals surface area contributed by atoms with Gasteiger partial charge in [-0.15, -0.1) is 0 Å². The second kappa shape index (κ2) is 8.89. The van der Waals surface area contributed by atoms with Crippen molar-refractivity contribution in [3.63, 3.8) is 0 Å². The number of hydrogen-bond donors (Lipinski definition) is 1.